The van der Waals surface area contributed by atoms with E-state index < -0.39 is 11.9 Å². The van der Waals surface area contributed by atoms with Crippen molar-refractivity contribution in [2.75, 3.05) is 6.61 Å². The van der Waals surface area contributed by atoms with Gasteiger partial charge in [0.2, 0.25) is 0 Å². The van der Waals surface area contributed by atoms with Gasteiger partial charge in [0.05, 0.1) is 12.2 Å². The minimum absolute atomic E-state index is 0.0554. The van der Waals surface area contributed by atoms with Crippen LogP contribution in [-0.4, -0.2) is 23.7 Å². The third-order valence-electron chi connectivity index (χ3n) is 3.23. The standard InChI is InChI=1S/C18H17ClO5/c1-2-3-10-23-14-7-4-12(5-8-14)18(22)24-16-9-6-13(19)11-15(16)17(20)21/h4-9,11H,2-3,10H2,1H3,(H,20,21). The van der Waals surface area contributed by atoms with E-state index in [0.717, 1.165) is 12.8 Å². The largest absolute Gasteiger partial charge is 0.494 e. The summed E-state index contributed by atoms with van der Waals surface area (Å²) in [6, 6.07) is 10.5. The molecule has 5 nitrogen and oxygen atoms in total. The van der Waals surface area contributed by atoms with Crippen LogP contribution in [0.2, 0.25) is 5.02 Å². The van der Waals surface area contributed by atoms with E-state index in [1.54, 1.807) is 24.3 Å². The highest BCUT2D eigenvalue weighted by molar-refractivity contribution is 6.31. The second-order valence-corrected chi connectivity index (χ2v) is 5.50. The van der Waals surface area contributed by atoms with Crippen LogP contribution in [0.4, 0.5) is 0 Å². The van der Waals surface area contributed by atoms with Gasteiger partial charge >= 0.3 is 11.9 Å². The fraction of sp³-hybridized carbons (Fsp3) is 0.222. The predicted molar refractivity (Wildman–Crippen MR) is 90.2 cm³/mol. The molecular weight excluding hydrogens is 332 g/mol. The highest BCUT2D eigenvalue weighted by Crippen LogP contribution is 2.24. The molecule has 0 atom stereocenters. The molecule has 0 radical (unpaired) electrons. The molecule has 0 fully saturated rings. The van der Waals surface area contributed by atoms with Crippen molar-refractivity contribution < 1.29 is 24.2 Å². The summed E-state index contributed by atoms with van der Waals surface area (Å²) in [6.07, 6.45) is 2.00. The molecule has 0 unspecified atom stereocenters. The Kier molecular flexibility index (Phi) is 6.21. The quantitative estimate of drug-likeness (QED) is 0.455. The van der Waals surface area contributed by atoms with E-state index in [9.17, 15) is 9.59 Å². The highest BCUT2D eigenvalue weighted by atomic mass is 35.5. The van der Waals surface area contributed by atoms with Crippen LogP contribution < -0.4 is 9.47 Å². The van der Waals surface area contributed by atoms with E-state index in [1.165, 1.54) is 18.2 Å². The summed E-state index contributed by atoms with van der Waals surface area (Å²) in [5, 5.41) is 9.40. The molecule has 0 saturated carbocycles. The second kappa shape index (κ2) is 8.36. The molecule has 0 saturated heterocycles. The van der Waals surface area contributed by atoms with Gasteiger partial charge in [-0.2, -0.15) is 0 Å². The Morgan fingerprint density at radius 1 is 1.12 bits per heavy atom. The smallest absolute Gasteiger partial charge is 0.343 e. The number of carbonyl (C=O) groups is 2. The number of carboxylic acids is 1. The van der Waals surface area contributed by atoms with Crippen molar-refractivity contribution in [3.05, 3.63) is 58.6 Å². The van der Waals surface area contributed by atoms with Crippen molar-refractivity contribution in [3.8, 4) is 11.5 Å². The van der Waals surface area contributed by atoms with E-state index in [1.807, 2.05) is 0 Å². The Bertz CT molecular complexity index is 725. The molecule has 0 bridgehead atoms. The van der Waals surface area contributed by atoms with Gasteiger partial charge in [0, 0.05) is 5.02 Å². The lowest BCUT2D eigenvalue weighted by Gasteiger charge is -2.09. The average molecular weight is 349 g/mol. The summed E-state index contributed by atoms with van der Waals surface area (Å²) in [4.78, 5) is 23.4. The molecular formula is C18H17ClO5. The first-order valence-corrected chi connectivity index (χ1v) is 7.87. The minimum atomic E-state index is -1.22. The van der Waals surface area contributed by atoms with E-state index >= 15 is 0 Å². The Balaban J connectivity index is 2.09. The molecule has 2 aromatic rings. The highest BCUT2D eigenvalue weighted by Gasteiger charge is 2.16. The van der Waals surface area contributed by atoms with Crippen molar-refractivity contribution in [1.82, 2.24) is 0 Å². The first-order chi connectivity index (χ1) is 11.5. The van der Waals surface area contributed by atoms with Gasteiger partial charge in [-0.3, -0.25) is 0 Å². The van der Waals surface area contributed by atoms with Gasteiger partial charge in [-0.1, -0.05) is 24.9 Å². The van der Waals surface area contributed by atoms with Gasteiger partial charge < -0.3 is 14.6 Å². The normalized spacial score (nSPS) is 10.2. The molecule has 0 aliphatic rings. The van der Waals surface area contributed by atoms with E-state index in [4.69, 9.17) is 26.2 Å². The number of hydrogen-bond donors (Lipinski definition) is 1. The van der Waals surface area contributed by atoms with E-state index in [-0.39, 0.29) is 16.3 Å². The fourth-order valence-electron chi connectivity index (χ4n) is 1.94. The zero-order valence-corrected chi connectivity index (χ0v) is 13.9. The molecule has 0 aromatic heterocycles. The molecule has 0 heterocycles. The lowest BCUT2D eigenvalue weighted by molar-refractivity contribution is 0.0681. The van der Waals surface area contributed by atoms with Crippen LogP contribution >= 0.6 is 11.6 Å². The molecule has 2 rings (SSSR count). The number of benzene rings is 2. The molecule has 0 amide bonds. The minimum Gasteiger partial charge on any atom is -0.494 e. The Hall–Kier alpha value is -2.53. The number of ether oxygens (including phenoxy) is 2. The maximum atomic E-state index is 12.2. The van der Waals surface area contributed by atoms with Gasteiger partial charge in [-0.05, 0) is 48.9 Å². The number of hydrogen-bond acceptors (Lipinski definition) is 4. The van der Waals surface area contributed by atoms with Gasteiger partial charge in [0.25, 0.3) is 0 Å². The zero-order chi connectivity index (χ0) is 17.5. The Labute approximate surface area is 144 Å². The third-order valence-corrected chi connectivity index (χ3v) is 3.47. The van der Waals surface area contributed by atoms with E-state index in [2.05, 4.69) is 6.92 Å². The fourth-order valence-corrected chi connectivity index (χ4v) is 2.11. The topological polar surface area (TPSA) is 72.8 Å². The summed E-state index contributed by atoms with van der Waals surface area (Å²) in [5.41, 5.74) is 0.125. The van der Waals surface area contributed by atoms with E-state index in [0.29, 0.717) is 17.9 Å². The lowest BCUT2D eigenvalue weighted by Crippen LogP contribution is -2.11. The van der Waals surface area contributed by atoms with Crippen molar-refractivity contribution >= 4 is 23.5 Å². The number of carboxylic acid groups (broad SMARTS) is 1. The second-order valence-electron chi connectivity index (χ2n) is 5.06. The van der Waals surface area contributed by atoms with Crippen LogP contribution in [-0.2, 0) is 0 Å². The SMILES string of the molecule is CCCCOc1ccc(C(=O)Oc2ccc(Cl)cc2C(=O)O)cc1. The molecule has 1 N–H and O–H groups in total. The first-order valence-electron chi connectivity index (χ1n) is 7.49. The summed E-state index contributed by atoms with van der Waals surface area (Å²) < 4.78 is 10.7. The number of unbranched alkanes of at least 4 members (excludes halogenated alkanes) is 1. The van der Waals surface area contributed by atoms with Crippen LogP contribution in [0.15, 0.2) is 42.5 Å². The number of carbonyl (C=O) groups excluding carboxylic acids is 1. The molecule has 2 aromatic carbocycles. The lowest BCUT2D eigenvalue weighted by atomic mass is 10.2. The average Bonchev–Trinajstić information content (AvgIpc) is 2.57. The number of rotatable bonds is 7. The van der Waals surface area contributed by atoms with Gasteiger partial charge in [-0.15, -0.1) is 0 Å². The van der Waals surface area contributed by atoms with Crippen LogP contribution in [0.3, 0.4) is 0 Å². The van der Waals surface area contributed by atoms with Gasteiger partial charge in [0.1, 0.15) is 17.1 Å². The molecule has 126 valence electrons. The summed E-state index contributed by atoms with van der Waals surface area (Å²) in [7, 11) is 0. The maximum absolute atomic E-state index is 12.2. The molecule has 0 aliphatic carbocycles. The van der Waals surface area contributed by atoms with Crippen molar-refractivity contribution in [2.45, 2.75) is 19.8 Å². The summed E-state index contributed by atoms with van der Waals surface area (Å²) in [5.74, 6) is -1.27. The van der Waals surface area contributed by atoms with Gasteiger partial charge in [0.15, 0.2) is 0 Å². The van der Waals surface area contributed by atoms with Crippen molar-refractivity contribution in [2.24, 2.45) is 0 Å². The van der Waals surface area contributed by atoms with Gasteiger partial charge in [-0.25, -0.2) is 9.59 Å². The Morgan fingerprint density at radius 3 is 2.46 bits per heavy atom. The predicted octanol–water partition coefficient (Wildman–Crippen LogP) is 4.44. The van der Waals surface area contributed by atoms with Crippen molar-refractivity contribution in [1.29, 1.82) is 0 Å². The monoisotopic (exact) mass is 348 g/mol. The van der Waals surface area contributed by atoms with Crippen LogP contribution in [0.25, 0.3) is 0 Å². The molecule has 24 heavy (non-hydrogen) atoms. The first kappa shape index (κ1) is 17.8. The molecule has 0 spiro atoms. The van der Waals surface area contributed by atoms with Crippen molar-refractivity contribution in [3.63, 3.8) is 0 Å². The number of esters is 1. The summed E-state index contributed by atoms with van der Waals surface area (Å²) in [6.45, 7) is 2.69. The number of halogens is 1. The van der Waals surface area contributed by atoms with Crippen LogP contribution in [0.5, 0.6) is 11.5 Å². The maximum Gasteiger partial charge on any atom is 0.343 e. The van der Waals surface area contributed by atoms with Crippen LogP contribution in [0, 0.1) is 0 Å². The Morgan fingerprint density at radius 2 is 1.83 bits per heavy atom. The van der Waals surface area contributed by atoms with Crippen LogP contribution in [0.1, 0.15) is 40.5 Å². The third kappa shape index (κ3) is 4.73. The molecule has 6 heteroatoms. The zero-order valence-electron chi connectivity index (χ0n) is 13.1. The number of aromatic carboxylic acids is 1. The molecule has 0 aliphatic heterocycles. The summed E-state index contributed by atoms with van der Waals surface area (Å²) >= 11 is 5.77.